The smallest absolute Gasteiger partial charge is 0.319 e. The van der Waals surface area contributed by atoms with Gasteiger partial charge < -0.3 is 25.2 Å². The normalized spacial score (nSPS) is 20.2. The number of piperidine rings is 1. The van der Waals surface area contributed by atoms with Gasteiger partial charge in [-0.2, -0.15) is 0 Å². The Balaban J connectivity index is 1.33. The van der Waals surface area contributed by atoms with Crippen LogP contribution in [-0.2, 0) is 12.0 Å². The number of amides is 2. The van der Waals surface area contributed by atoms with E-state index in [2.05, 4.69) is 36.3 Å². The molecular weight excluding hydrogens is 568 g/mol. The summed E-state index contributed by atoms with van der Waals surface area (Å²) in [6.45, 7) is 6.99. The highest BCUT2D eigenvalue weighted by Crippen LogP contribution is 2.39. The van der Waals surface area contributed by atoms with Crippen molar-refractivity contribution in [1.82, 2.24) is 14.8 Å². The number of nitrogens with one attached hydrogen (secondary N) is 4. The number of ether oxygens (including phenoxy) is 2. The predicted molar refractivity (Wildman–Crippen MR) is 175 cm³/mol. The van der Waals surface area contributed by atoms with E-state index in [1.165, 1.54) is 7.11 Å². The van der Waals surface area contributed by atoms with Crippen LogP contribution in [0.5, 0.6) is 11.5 Å². The standard InChI is InChI=1S/C35H46N6O4/c1-35(2,3)23-18-22(21-42)32(44-5)28(19-23)39-34(43)38-27-14-15-30(26-11-7-6-10-25(26)27)45-24-13-16-31(36)41(20-24)33(37)29-12-8-9-17-40(29)4/h6-7,10-11,13,16,18-20,27,29-30,36-37,42H,8-9,12,14-15,17,21H2,1-5H3,(H2,38,39,43)/t27?,29-,30?/m0/s1. The molecule has 3 atom stereocenters. The minimum atomic E-state index is -0.360. The van der Waals surface area contributed by atoms with Gasteiger partial charge in [0.15, 0.2) is 0 Å². The van der Waals surface area contributed by atoms with Crippen LogP contribution in [-0.4, -0.2) is 53.2 Å². The fourth-order valence-corrected chi connectivity index (χ4v) is 6.41. The van der Waals surface area contributed by atoms with Crippen LogP contribution < -0.4 is 25.6 Å². The van der Waals surface area contributed by atoms with Gasteiger partial charge in [0.05, 0.1) is 37.7 Å². The van der Waals surface area contributed by atoms with Crippen LogP contribution >= 0.6 is 0 Å². The summed E-state index contributed by atoms with van der Waals surface area (Å²) in [5.74, 6) is 1.43. The van der Waals surface area contributed by atoms with Gasteiger partial charge >= 0.3 is 6.03 Å². The van der Waals surface area contributed by atoms with Crippen molar-refractivity contribution in [1.29, 1.82) is 10.8 Å². The van der Waals surface area contributed by atoms with E-state index >= 15 is 0 Å². The Bertz CT molecular complexity index is 1610. The summed E-state index contributed by atoms with van der Waals surface area (Å²) in [5, 5.41) is 33.4. The zero-order valence-corrected chi connectivity index (χ0v) is 26.9. The summed E-state index contributed by atoms with van der Waals surface area (Å²) in [6.07, 6.45) is 5.96. The minimum absolute atomic E-state index is 0.0254. The summed E-state index contributed by atoms with van der Waals surface area (Å²) in [6, 6.07) is 14.6. The van der Waals surface area contributed by atoms with Gasteiger partial charge in [0.25, 0.3) is 0 Å². The van der Waals surface area contributed by atoms with E-state index in [1.54, 1.807) is 22.9 Å². The lowest BCUT2D eigenvalue weighted by Crippen LogP contribution is -2.46. The Hall–Kier alpha value is -4.15. The first kappa shape index (κ1) is 32.2. The molecule has 0 radical (unpaired) electrons. The quantitative estimate of drug-likeness (QED) is 0.168. The van der Waals surface area contributed by atoms with Gasteiger partial charge in [-0.05, 0) is 85.6 Å². The fraction of sp³-hybridized carbons (Fsp3) is 0.457. The lowest BCUT2D eigenvalue weighted by molar-refractivity contribution is 0.171. The number of carbonyl (C=O) groups excluding carboxylic acids is 1. The van der Waals surface area contributed by atoms with Crippen molar-refractivity contribution in [3.8, 4) is 11.5 Å². The van der Waals surface area contributed by atoms with Gasteiger partial charge in [0.1, 0.15) is 28.9 Å². The van der Waals surface area contributed by atoms with Gasteiger partial charge in [-0.1, -0.05) is 51.5 Å². The Morgan fingerprint density at radius 1 is 1.07 bits per heavy atom. The SMILES string of the molecule is COc1c(CO)cc(C(C)(C)C)cc1NC(=O)NC1CCC(Oc2ccc(=N)n(C(=N)[C@@H]3CCCCN3C)c2)c2ccccc21. The number of hydrogen-bond acceptors (Lipinski definition) is 7. The molecule has 2 heterocycles. The third-order valence-corrected chi connectivity index (χ3v) is 8.94. The van der Waals surface area contributed by atoms with E-state index in [0.29, 0.717) is 41.4 Å². The largest absolute Gasteiger partial charge is 0.494 e. The highest BCUT2D eigenvalue weighted by molar-refractivity contribution is 5.92. The van der Waals surface area contributed by atoms with E-state index in [9.17, 15) is 9.90 Å². The monoisotopic (exact) mass is 614 g/mol. The van der Waals surface area contributed by atoms with E-state index in [1.807, 2.05) is 43.4 Å². The fourth-order valence-electron chi connectivity index (χ4n) is 6.41. The second-order valence-corrected chi connectivity index (χ2v) is 13.1. The maximum Gasteiger partial charge on any atom is 0.319 e. The number of urea groups is 1. The third-order valence-electron chi connectivity index (χ3n) is 8.94. The molecular formula is C35H46N6O4. The molecule has 0 bridgehead atoms. The number of methoxy groups -OCH3 is 1. The Kier molecular flexibility index (Phi) is 9.65. The van der Waals surface area contributed by atoms with E-state index < -0.39 is 0 Å². The van der Waals surface area contributed by atoms with Crippen molar-refractivity contribution in [2.45, 2.75) is 83.1 Å². The summed E-state index contributed by atoms with van der Waals surface area (Å²) in [4.78, 5) is 15.6. The molecule has 5 N–H and O–H groups in total. The molecule has 10 heteroatoms. The van der Waals surface area contributed by atoms with Gasteiger partial charge in [-0.15, -0.1) is 0 Å². The number of aromatic nitrogens is 1. The number of benzene rings is 2. The van der Waals surface area contributed by atoms with Gasteiger partial charge in [-0.25, -0.2) is 4.79 Å². The number of pyridine rings is 1. The molecule has 1 fully saturated rings. The minimum Gasteiger partial charge on any atom is -0.494 e. The average Bonchev–Trinajstić information content (AvgIpc) is 3.02. The molecule has 1 saturated heterocycles. The summed E-state index contributed by atoms with van der Waals surface area (Å²) >= 11 is 0. The predicted octanol–water partition coefficient (Wildman–Crippen LogP) is 5.85. The molecule has 1 aliphatic heterocycles. The van der Waals surface area contributed by atoms with Gasteiger partial charge in [0.2, 0.25) is 0 Å². The molecule has 3 aromatic rings. The van der Waals surface area contributed by atoms with Crippen molar-refractivity contribution in [2.75, 3.05) is 26.0 Å². The molecule has 240 valence electrons. The Morgan fingerprint density at radius 2 is 1.82 bits per heavy atom. The molecule has 10 nitrogen and oxygen atoms in total. The van der Waals surface area contributed by atoms with E-state index in [0.717, 1.165) is 42.5 Å². The van der Waals surface area contributed by atoms with Crippen LogP contribution in [0.15, 0.2) is 54.7 Å². The van der Waals surface area contributed by atoms with E-state index in [-0.39, 0.29) is 41.7 Å². The molecule has 45 heavy (non-hydrogen) atoms. The zero-order valence-electron chi connectivity index (χ0n) is 26.9. The first-order chi connectivity index (χ1) is 21.5. The highest BCUT2D eigenvalue weighted by Gasteiger charge is 2.30. The van der Waals surface area contributed by atoms with Gasteiger partial charge in [0, 0.05) is 5.56 Å². The molecule has 0 saturated carbocycles. The zero-order chi connectivity index (χ0) is 32.3. The number of hydrogen-bond donors (Lipinski definition) is 5. The number of carbonyl (C=O) groups is 1. The van der Waals surface area contributed by atoms with Gasteiger partial charge in [-0.3, -0.25) is 20.3 Å². The highest BCUT2D eigenvalue weighted by atomic mass is 16.5. The lowest BCUT2D eigenvalue weighted by Gasteiger charge is -2.34. The number of anilines is 1. The van der Waals surface area contributed by atoms with Crippen LogP contribution in [0.1, 0.15) is 87.3 Å². The first-order valence-electron chi connectivity index (χ1n) is 15.7. The Labute approximate surface area is 265 Å². The second-order valence-electron chi connectivity index (χ2n) is 13.1. The summed E-state index contributed by atoms with van der Waals surface area (Å²) in [5.41, 5.74) is 4.14. The molecule has 5 rings (SSSR count). The number of likely N-dealkylation sites (tertiary alicyclic amines) is 1. The number of likely N-dealkylation sites (N-methyl/N-ethyl adjacent to an activating group) is 1. The van der Waals surface area contributed by atoms with Crippen molar-refractivity contribution < 1.29 is 19.4 Å². The van der Waals surface area contributed by atoms with Crippen LogP contribution in [0.3, 0.4) is 0 Å². The summed E-state index contributed by atoms with van der Waals surface area (Å²) in [7, 11) is 3.57. The van der Waals surface area contributed by atoms with Crippen molar-refractivity contribution in [3.05, 3.63) is 82.5 Å². The van der Waals surface area contributed by atoms with Crippen molar-refractivity contribution in [3.63, 3.8) is 0 Å². The molecule has 2 amide bonds. The number of aliphatic hydroxyl groups is 1. The molecule has 2 aliphatic rings. The number of nitrogens with zero attached hydrogens (tertiary/aromatic N) is 2. The number of fused-ring (bicyclic) bond motifs is 1. The van der Waals surface area contributed by atoms with E-state index in [4.69, 9.17) is 20.3 Å². The molecule has 1 aromatic heterocycles. The van der Waals surface area contributed by atoms with Crippen LogP contribution in [0.25, 0.3) is 0 Å². The van der Waals surface area contributed by atoms with Crippen molar-refractivity contribution in [2.24, 2.45) is 0 Å². The number of aliphatic hydroxyl groups excluding tert-OH is 1. The molecule has 2 unspecified atom stereocenters. The summed E-state index contributed by atoms with van der Waals surface area (Å²) < 4.78 is 13.7. The maximum atomic E-state index is 13.4. The van der Waals surface area contributed by atoms with Crippen LogP contribution in [0.2, 0.25) is 0 Å². The average molecular weight is 615 g/mol. The maximum absolute atomic E-state index is 13.4. The second kappa shape index (κ2) is 13.5. The Morgan fingerprint density at radius 3 is 2.51 bits per heavy atom. The van der Waals surface area contributed by atoms with Crippen molar-refractivity contribution >= 4 is 17.6 Å². The lowest BCUT2D eigenvalue weighted by atomic mass is 9.85. The topological polar surface area (TPSA) is 136 Å². The molecule has 0 spiro atoms. The van der Waals surface area contributed by atoms with Crippen LogP contribution in [0.4, 0.5) is 10.5 Å². The first-order valence-corrected chi connectivity index (χ1v) is 15.7. The molecule has 2 aromatic carbocycles. The van der Waals surface area contributed by atoms with Crippen LogP contribution in [0, 0.1) is 10.8 Å². The third kappa shape index (κ3) is 7.07. The number of rotatable bonds is 7. The molecule has 1 aliphatic carbocycles.